The van der Waals surface area contributed by atoms with Gasteiger partial charge in [0.15, 0.2) is 34.2 Å². The minimum absolute atomic E-state index is 0.0262. The number of benzene rings is 5. The fourth-order valence-electron chi connectivity index (χ4n) is 6.20. The average Bonchev–Trinajstić information content (AvgIpc) is 3.65. The summed E-state index contributed by atoms with van der Waals surface area (Å²) in [7, 11) is 2.34. The second-order valence-corrected chi connectivity index (χ2v) is 13.8. The molecular formula is C45H36N6O14. The maximum Gasteiger partial charge on any atom is 0.519 e. The summed E-state index contributed by atoms with van der Waals surface area (Å²) < 4.78 is 20.2. The van der Waals surface area contributed by atoms with Crippen LogP contribution in [0.25, 0.3) is 17.2 Å². The normalized spacial score (nSPS) is 11.4. The Morgan fingerprint density at radius 2 is 1.23 bits per heavy atom. The van der Waals surface area contributed by atoms with Crippen molar-refractivity contribution in [1.82, 2.24) is 5.32 Å². The number of nitrogens with zero attached hydrogens (tertiary/aromatic N) is 1. The number of fused-ring (bicyclic) bond motifs is 1. The van der Waals surface area contributed by atoms with Gasteiger partial charge < -0.3 is 60.2 Å². The van der Waals surface area contributed by atoms with Crippen molar-refractivity contribution in [2.75, 3.05) is 35.5 Å². The van der Waals surface area contributed by atoms with Crippen molar-refractivity contribution in [1.29, 1.82) is 5.26 Å². The zero-order valence-corrected chi connectivity index (χ0v) is 34.3. The molecular weight excluding hydrogens is 849 g/mol. The van der Waals surface area contributed by atoms with Crippen LogP contribution in [0, 0.1) is 11.3 Å². The lowest BCUT2D eigenvalue weighted by Gasteiger charge is -2.17. The zero-order chi connectivity index (χ0) is 46.9. The fraction of sp³-hybridized carbons (Fsp3) is 0.111. The molecule has 5 aromatic carbocycles. The van der Waals surface area contributed by atoms with Crippen LogP contribution in [0.15, 0.2) is 110 Å². The van der Waals surface area contributed by atoms with Crippen LogP contribution < -0.4 is 41.9 Å². The molecule has 8 N–H and O–H groups in total. The van der Waals surface area contributed by atoms with Crippen molar-refractivity contribution < 1.29 is 62.4 Å². The lowest BCUT2D eigenvalue weighted by Crippen LogP contribution is -2.43. The number of ether oxygens (including phenoxy) is 2. The topological polar surface area (TPSA) is 309 Å². The Balaban J connectivity index is 1.04. The van der Waals surface area contributed by atoms with Crippen LogP contribution in [-0.4, -0.2) is 71.1 Å². The van der Waals surface area contributed by atoms with Gasteiger partial charge in [0, 0.05) is 28.1 Å². The Hall–Kier alpha value is -9.38. The van der Waals surface area contributed by atoms with E-state index >= 15 is 0 Å². The standard InChI is InChI=1S/C45H36N6O14/c1-22(20-23-4-17-33-34(21-23)65-45(61)64-33)39(54)47-26-9-5-25(6-10-26)41(56)51-32(18-19-46)43(58)48-27-11-7-24(8-12-27)40(55)49-30-15-13-28(35(52)37(30)62-2)42(57)50-31-16-14-29(44(59)60)36(53)38(31)63-3/h4-17,20-21,32,52-53H,18H2,1-3H3,(H,47,54)(H,48,58)(H,49,55)(H,50,57)(H,51,56)(H,59,60)/b22-20+/t32-/m0/s1. The largest absolute Gasteiger partial charge is 0.519 e. The van der Waals surface area contributed by atoms with Crippen molar-refractivity contribution in [2.24, 2.45) is 0 Å². The molecule has 6 aromatic rings. The van der Waals surface area contributed by atoms with Gasteiger partial charge in [-0.05, 0) is 103 Å². The van der Waals surface area contributed by atoms with Crippen molar-refractivity contribution in [2.45, 2.75) is 19.4 Å². The number of nitrogens with one attached hydrogen (secondary N) is 5. The summed E-state index contributed by atoms with van der Waals surface area (Å²) in [6.07, 6.45) is 1.20. The highest BCUT2D eigenvalue weighted by atomic mass is 16.6. The van der Waals surface area contributed by atoms with E-state index in [9.17, 15) is 54.1 Å². The molecule has 0 aliphatic carbocycles. The van der Waals surface area contributed by atoms with E-state index in [1.54, 1.807) is 31.2 Å². The number of phenolic OH excluding ortho intramolecular Hbond substituents is 1. The summed E-state index contributed by atoms with van der Waals surface area (Å²) in [6.45, 7) is 1.58. The summed E-state index contributed by atoms with van der Waals surface area (Å²) in [5, 5.41) is 52.7. The van der Waals surface area contributed by atoms with Gasteiger partial charge in [-0.2, -0.15) is 5.26 Å². The van der Waals surface area contributed by atoms with Crippen LogP contribution in [0.2, 0.25) is 0 Å². The van der Waals surface area contributed by atoms with Crippen molar-refractivity contribution in [3.63, 3.8) is 0 Å². The molecule has 0 radical (unpaired) electrons. The Kier molecular flexibility index (Phi) is 13.6. The smallest absolute Gasteiger partial charge is 0.504 e. The number of carbonyl (C=O) groups is 6. The highest BCUT2D eigenvalue weighted by molar-refractivity contribution is 6.11. The average molecular weight is 885 g/mol. The second kappa shape index (κ2) is 19.6. The number of hydrogen-bond donors (Lipinski definition) is 8. The van der Waals surface area contributed by atoms with Gasteiger partial charge in [0.25, 0.3) is 23.6 Å². The molecule has 0 fully saturated rings. The Morgan fingerprint density at radius 1 is 0.692 bits per heavy atom. The number of amides is 5. The molecule has 0 saturated heterocycles. The minimum Gasteiger partial charge on any atom is -0.504 e. The molecule has 1 atom stereocenters. The van der Waals surface area contributed by atoms with Crippen LogP contribution in [0.3, 0.4) is 0 Å². The van der Waals surface area contributed by atoms with Gasteiger partial charge >= 0.3 is 11.8 Å². The van der Waals surface area contributed by atoms with E-state index in [-0.39, 0.29) is 62.8 Å². The third-order valence-corrected chi connectivity index (χ3v) is 9.48. The molecule has 0 spiro atoms. The third kappa shape index (κ3) is 10.4. The summed E-state index contributed by atoms with van der Waals surface area (Å²) >= 11 is 0. The number of aromatic hydroxyl groups is 2. The Labute approximate surface area is 366 Å². The summed E-state index contributed by atoms with van der Waals surface area (Å²) in [4.78, 5) is 88.2. The van der Waals surface area contributed by atoms with E-state index in [1.807, 2.05) is 6.07 Å². The first kappa shape index (κ1) is 45.2. The number of carboxylic acids is 1. The number of anilines is 4. The molecule has 20 heteroatoms. The quantitative estimate of drug-likeness (QED) is 0.0573. The molecule has 0 aliphatic heterocycles. The van der Waals surface area contributed by atoms with Gasteiger partial charge in [-0.25, -0.2) is 9.59 Å². The first-order valence-corrected chi connectivity index (χ1v) is 19.0. The molecule has 330 valence electrons. The Morgan fingerprint density at radius 3 is 1.82 bits per heavy atom. The molecule has 65 heavy (non-hydrogen) atoms. The highest BCUT2D eigenvalue weighted by Crippen LogP contribution is 2.40. The molecule has 20 nitrogen and oxygen atoms in total. The van der Waals surface area contributed by atoms with E-state index in [4.69, 9.17) is 18.3 Å². The number of methoxy groups -OCH3 is 2. The van der Waals surface area contributed by atoms with Crippen LogP contribution in [0.5, 0.6) is 23.0 Å². The molecule has 6 rings (SSSR count). The minimum atomic E-state index is -1.43. The Bertz CT molecular complexity index is 3000. The third-order valence-electron chi connectivity index (χ3n) is 9.48. The number of phenols is 2. The molecule has 5 amide bonds. The lowest BCUT2D eigenvalue weighted by molar-refractivity contribution is -0.118. The van der Waals surface area contributed by atoms with Gasteiger partial charge in [0.1, 0.15) is 11.6 Å². The maximum atomic E-state index is 13.2. The molecule has 0 bridgehead atoms. The zero-order valence-electron chi connectivity index (χ0n) is 34.3. The number of aromatic carboxylic acids is 1. The van der Waals surface area contributed by atoms with E-state index in [0.717, 1.165) is 13.2 Å². The predicted molar refractivity (Wildman–Crippen MR) is 232 cm³/mol. The monoisotopic (exact) mass is 884 g/mol. The van der Waals surface area contributed by atoms with Gasteiger partial charge in [-0.3, -0.25) is 24.0 Å². The summed E-state index contributed by atoms with van der Waals surface area (Å²) in [6, 6.07) is 21.4. The predicted octanol–water partition coefficient (Wildman–Crippen LogP) is 5.71. The number of carboxylic acid groups (broad SMARTS) is 1. The first-order valence-electron chi connectivity index (χ1n) is 19.0. The molecule has 0 unspecified atom stereocenters. The van der Waals surface area contributed by atoms with Gasteiger partial charge in [0.2, 0.25) is 5.91 Å². The van der Waals surface area contributed by atoms with E-state index < -0.39 is 64.4 Å². The SMILES string of the molecule is COc1c(NC(=O)c2ccc(NC(=O)c3ccc(NC(=O)[C@H](CC#N)NC(=O)c4ccc(NC(=O)/C(C)=C/c5ccc6oc(=O)oc6c5)cc4)cc3)c(OC)c2O)ccc(C(=O)O)c1O. The van der Waals surface area contributed by atoms with E-state index in [1.165, 1.54) is 73.8 Å². The maximum absolute atomic E-state index is 13.2. The van der Waals surface area contributed by atoms with Crippen molar-refractivity contribution >= 4 is 75.5 Å². The van der Waals surface area contributed by atoms with Crippen LogP contribution in [-0.2, 0) is 9.59 Å². The van der Waals surface area contributed by atoms with Gasteiger partial charge in [0.05, 0.1) is 43.6 Å². The van der Waals surface area contributed by atoms with E-state index in [0.29, 0.717) is 16.8 Å². The molecule has 1 heterocycles. The van der Waals surface area contributed by atoms with Crippen molar-refractivity contribution in [3.8, 4) is 29.1 Å². The number of rotatable bonds is 15. The number of carbonyl (C=O) groups excluding carboxylic acids is 5. The van der Waals surface area contributed by atoms with Crippen LogP contribution >= 0.6 is 0 Å². The lowest BCUT2D eigenvalue weighted by atomic mass is 10.1. The van der Waals surface area contributed by atoms with Crippen LogP contribution in [0.1, 0.15) is 60.3 Å². The second-order valence-electron chi connectivity index (χ2n) is 13.8. The number of nitriles is 1. The number of hydrogen-bond acceptors (Lipinski definition) is 14. The molecule has 1 aromatic heterocycles. The molecule has 0 aliphatic rings. The van der Waals surface area contributed by atoms with E-state index in [2.05, 4.69) is 26.6 Å². The van der Waals surface area contributed by atoms with Crippen molar-refractivity contribution in [3.05, 3.63) is 135 Å². The summed E-state index contributed by atoms with van der Waals surface area (Å²) in [5.41, 5.74) is 1.32. The van der Waals surface area contributed by atoms with Gasteiger partial charge in [-0.1, -0.05) is 6.07 Å². The molecule has 0 saturated carbocycles. The first-order chi connectivity index (χ1) is 31.1. The summed E-state index contributed by atoms with van der Waals surface area (Å²) in [5.74, 6) is -7.69. The fourth-order valence-corrected chi connectivity index (χ4v) is 6.20. The van der Waals surface area contributed by atoms with Gasteiger partial charge in [-0.15, -0.1) is 0 Å². The van der Waals surface area contributed by atoms with Crippen LogP contribution in [0.4, 0.5) is 22.7 Å². The highest BCUT2D eigenvalue weighted by Gasteiger charge is 2.25.